The second-order valence-electron chi connectivity index (χ2n) is 4.13. The van der Waals surface area contributed by atoms with E-state index < -0.39 is 10.0 Å². The summed E-state index contributed by atoms with van der Waals surface area (Å²) < 4.78 is 27.5. The highest BCUT2D eigenvalue weighted by Crippen LogP contribution is 2.23. The third-order valence-electron chi connectivity index (χ3n) is 2.49. The maximum atomic E-state index is 12.2. The minimum Gasteiger partial charge on any atom is -0.354 e. The Hall–Kier alpha value is -1.74. The van der Waals surface area contributed by atoms with Crippen LogP contribution in [0.3, 0.4) is 0 Å². The molecule has 0 amide bonds. The number of aromatic nitrogens is 3. The minimum atomic E-state index is -3.73. The molecule has 2 N–H and O–H groups in total. The second-order valence-corrected chi connectivity index (χ2v) is 6.67. The van der Waals surface area contributed by atoms with Gasteiger partial charge in [0.2, 0.25) is 5.95 Å². The maximum Gasteiger partial charge on any atom is 0.265 e. The Morgan fingerprint density at radius 3 is 2.57 bits per heavy atom. The van der Waals surface area contributed by atoms with Crippen molar-refractivity contribution in [2.75, 3.05) is 16.6 Å². The second kappa shape index (κ2) is 6.81. The van der Waals surface area contributed by atoms with Crippen molar-refractivity contribution in [1.29, 1.82) is 0 Å². The lowest BCUT2D eigenvalue weighted by Crippen LogP contribution is -2.14. The predicted molar refractivity (Wildman–Crippen MR) is 83.6 cm³/mol. The summed E-state index contributed by atoms with van der Waals surface area (Å²) >= 11 is 3.23. The zero-order valence-electron chi connectivity index (χ0n) is 11.2. The van der Waals surface area contributed by atoms with Crippen LogP contribution in [0.5, 0.6) is 0 Å². The normalized spacial score (nSPS) is 11.1. The first-order valence-corrected chi connectivity index (χ1v) is 8.49. The zero-order chi connectivity index (χ0) is 15.3. The molecule has 112 valence electrons. The van der Waals surface area contributed by atoms with Crippen LogP contribution in [-0.4, -0.2) is 29.9 Å². The lowest BCUT2D eigenvalue weighted by Gasteiger charge is -2.09. The quantitative estimate of drug-likeness (QED) is 0.808. The number of hydrogen-bond acceptors (Lipinski definition) is 6. The van der Waals surface area contributed by atoms with Gasteiger partial charge in [-0.2, -0.15) is 0 Å². The van der Waals surface area contributed by atoms with Gasteiger partial charge in [0, 0.05) is 18.9 Å². The zero-order valence-corrected chi connectivity index (χ0v) is 13.6. The first-order valence-electron chi connectivity index (χ1n) is 6.21. The Morgan fingerprint density at radius 1 is 1.24 bits per heavy atom. The molecule has 0 aliphatic carbocycles. The summed E-state index contributed by atoms with van der Waals surface area (Å²) in [6.45, 7) is 2.75. The van der Waals surface area contributed by atoms with Crippen LogP contribution in [0.25, 0.3) is 0 Å². The third kappa shape index (κ3) is 4.11. The van der Waals surface area contributed by atoms with Crippen LogP contribution in [0, 0.1) is 0 Å². The van der Waals surface area contributed by atoms with Crippen LogP contribution >= 0.6 is 15.9 Å². The van der Waals surface area contributed by atoms with E-state index in [1.807, 2.05) is 6.92 Å². The van der Waals surface area contributed by atoms with Gasteiger partial charge in [-0.1, -0.05) is 6.92 Å². The average molecular weight is 372 g/mol. The molecule has 0 saturated carbocycles. The highest BCUT2D eigenvalue weighted by atomic mass is 79.9. The molecule has 2 aromatic heterocycles. The van der Waals surface area contributed by atoms with E-state index in [1.54, 1.807) is 6.07 Å². The molecular formula is C12H14BrN5O2S. The SMILES string of the molecule is CCCNc1ncc(S(=O)(=O)Nc2ccncc2Br)cn1. The molecule has 0 aliphatic rings. The number of hydrogen-bond donors (Lipinski definition) is 2. The van der Waals surface area contributed by atoms with Gasteiger partial charge in [-0.15, -0.1) is 0 Å². The maximum absolute atomic E-state index is 12.2. The molecule has 0 unspecified atom stereocenters. The summed E-state index contributed by atoms with van der Waals surface area (Å²) in [7, 11) is -3.73. The van der Waals surface area contributed by atoms with Crippen LogP contribution < -0.4 is 10.0 Å². The van der Waals surface area contributed by atoms with Crippen molar-refractivity contribution in [2.45, 2.75) is 18.2 Å². The van der Waals surface area contributed by atoms with E-state index in [0.29, 0.717) is 16.1 Å². The van der Waals surface area contributed by atoms with Gasteiger partial charge < -0.3 is 5.32 Å². The van der Waals surface area contributed by atoms with Crippen molar-refractivity contribution in [3.63, 3.8) is 0 Å². The van der Waals surface area contributed by atoms with Crippen LogP contribution in [0.4, 0.5) is 11.6 Å². The van der Waals surface area contributed by atoms with Gasteiger partial charge in [0.05, 0.1) is 22.6 Å². The Labute approximate surface area is 131 Å². The van der Waals surface area contributed by atoms with E-state index in [0.717, 1.165) is 13.0 Å². The van der Waals surface area contributed by atoms with E-state index in [1.165, 1.54) is 24.8 Å². The Kier molecular flexibility index (Phi) is 5.07. The molecule has 0 atom stereocenters. The van der Waals surface area contributed by atoms with Gasteiger partial charge in [0.25, 0.3) is 10.0 Å². The van der Waals surface area contributed by atoms with E-state index in [9.17, 15) is 8.42 Å². The largest absolute Gasteiger partial charge is 0.354 e. The number of rotatable bonds is 6. The number of nitrogens with zero attached hydrogens (tertiary/aromatic N) is 3. The van der Waals surface area contributed by atoms with Crippen LogP contribution in [0.2, 0.25) is 0 Å². The molecule has 9 heteroatoms. The van der Waals surface area contributed by atoms with Crippen LogP contribution in [0.1, 0.15) is 13.3 Å². The highest BCUT2D eigenvalue weighted by Gasteiger charge is 2.16. The number of pyridine rings is 1. The van der Waals surface area contributed by atoms with Crippen molar-refractivity contribution >= 4 is 37.6 Å². The Bertz CT molecular complexity index is 706. The fourth-order valence-corrected chi connectivity index (χ4v) is 2.89. The van der Waals surface area contributed by atoms with Crippen molar-refractivity contribution < 1.29 is 8.42 Å². The summed E-state index contributed by atoms with van der Waals surface area (Å²) in [6, 6.07) is 1.56. The van der Waals surface area contributed by atoms with E-state index in [2.05, 4.69) is 40.9 Å². The first kappa shape index (κ1) is 15.6. The molecule has 0 saturated heterocycles. The van der Waals surface area contributed by atoms with Gasteiger partial charge in [-0.05, 0) is 28.4 Å². The van der Waals surface area contributed by atoms with Gasteiger partial charge in [0.1, 0.15) is 4.90 Å². The molecule has 2 aromatic rings. The summed E-state index contributed by atoms with van der Waals surface area (Å²) in [5.41, 5.74) is 0.401. The number of anilines is 2. The molecule has 2 heterocycles. The standard InChI is InChI=1S/C12H14BrN5O2S/c1-2-4-15-12-16-6-9(7-17-12)21(19,20)18-11-3-5-14-8-10(11)13/h3,5-8H,2,4H2,1H3,(H,14,18)(H,15,16,17). The van der Waals surface area contributed by atoms with Crippen LogP contribution in [0.15, 0.2) is 40.2 Å². The fraction of sp³-hybridized carbons (Fsp3) is 0.250. The monoisotopic (exact) mass is 371 g/mol. The summed E-state index contributed by atoms with van der Waals surface area (Å²) in [5.74, 6) is 0.404. The van der Waals surface area contributed by atoms with Gasteiger partial charge in [-0.25, -0.2) is 18.4 Å². The molecule has 21 heavy (non-hydrogen) atoms. The Morgan fingerprint density at radius 2 is 1.95 bits per heavy atom. The third-order valence-corrected chi connectivity index (χ3v) is 4.44. The van der Waals surface area contributed by atoms with Crippen molar-refractivity contribution in [2.24, 2.45) is 0 Å². The highest BCUT2D eigenvalue weighted by molar-refractivity contribution is 9.10. The first-order chi connectivity index (χ1) is 10.0. The predicted octanol–water partition coefficient (Wildman–Crippen LogP) is 2.26. The van der Waals surface area contributed by atoms with Gasteiger partial charge >= 0.3 is 0 Å². The number of nitrogens with one attached hydrogen (secondary N) is 2. The van der Waals surface area contributed by atoms with Crippen molar-refractivity contribution in [3.8, 4) is 0 Å². The molecule has 2 rings (SSSR count). The van der Waals surface area contributed by atoms with E-state index >= 15 is 0 Å². The molecule has 7 nitrogen and oxygen atoms in total. The lowest BCUT2D eigenvalue weighted by molar-refractivity contribution is 0.600. The van der Waals surface area contributed by atoms with Crippen molar-refractivity contribution in [3.05, 3.63) is 35.3 Å². The molecule has 0 bridgehead atoms. The molecule has 0 radical (unpaired) electrons. The number of halogens is 1. The number of sulfonamides is 1. The van der Waals surface area contributed by atoms with Gasteiger partial charge in [-0.3, -0.25) is 9.71 Å². The summed E-state index contributed by atoms with van der Waals surface area (Å²) in [5, 5.41) is 2.98. The fourth-order valence-electron chi connectivity index (χ4n) is 1.44. The molecule has 0 aromatic carbocycles. The topological polar surface area (TPSA) is 96.9 Å². The molecule has 0 aliphatic heterocycles. The summed E-state index contributed by atoms with van der Waals surface area (Å²) in [4.78, 5) is 11.8. The van der Waals surface area contributed by atoms with Crippen molar-refractivity contribution in [1.82, 2.24) is 15.0 Å². The summed E-state index contributed by atoms with van der Waals surface area (Å²) in [6.07, 6.45) is 6.47. The molecule has 0 fully saturated rings. The molecule has 0 spiro atoms. The lowest BCUT2D eigenvalue weighted by atomic mass is 10.4. The van der Waals surface area contributed by atoms with Crippen LogP contribution in [-0.2, 0) is 10.0 Å². The molecular weight excluding hydrogens is 358 g/mol. The van der Waals surface area contributed by atoms with E-state index in [4.69, 9.17) is 0 Å². The van der Waals surface area contributed by atoms with Gasteiger partial charge in [0.15, 0.2) is 0 Å². The Balaban J connectivity index is 2.18. The average Bonchev–Trinajstić information content (AvgIpc) is 2.48. The van der Waals surface area contributed by atoms with E-state index in [-0.39, 0.29) is 4.90 Å². The smallest absolute Gasteiger partial charge is 0.265 e. The minimum absolute atomic E-state index is 0.00624.